The van der Waals surface area contributed by atoms with Crippen molar-refractivity contribution >= 4 is 23.4 Å². The standard InChI is InChI=1S/C13H17NOS/c1-16-12-9-5-4-8-11(12)14-13(15)10-6-2-3-7-10/h4-5,8-10H,2-3,6-7H2,1H3,(H,14,15). The zero-order chi connectivity index (χ0) is 11.4. The maximum Gasteiger partial charge on any atom is 0.227 e. The first kappa shape index (κ1) is 11.5. The molecule has 1 saturated carbocycles. The molecule has 1 aliphatic carbocycles. The number of anilines is 1. The molecule has 1 amide bonds. The molecule has 0 atom stereocenters. The Bertz CT molecular complexity index is 372. The molecule has 0 saturated heterocycles. The minimum absolute atomic E-state index is 0.194. The first-order valence-corrected chi connectivity index (χ1v) is 6.97. The highest BCUT2D eigenvalue weighted by Crippen LogP contribution is 2.29. The maximum absolute atomic E-state index is 12.0. The van der Waals surface area contributed by atoms with Gasteiger partial charge in [-0.05, 0) is 31.2 Å². The van der Waals surface area contributed by atoms with Gasteiger partial charge in [0.1, 0.15) is 0 Å². The molecule has 1 N–H and O–H groups in total. The second kappa shape index (κ2) is 5.39. The van der Waals surface area contributed by atoms with Crippen LogP contribution in [0.1, 0.15) is 25.7 Å². The highest BCUT2D eigenvalue weighted by Gasteiger charge is 2.22. The van der Waals surface area contributed by atoms with Crippen molar-refractivity contribution in [3.63, 3.8) is 0 Å². The van der Waals surface area contributed by atoms with Gasteiger partial charge in [-0.1, -0.05) is 25.0 Å². The summed E-state index contributed by atoms with van der Waals surface area (Å²) in [6.45, 7) is 0. The van der Waals surface area contributed by atoms with Gasteiger partial charge >= 0.3 is 0 Å². The Morgan fingerprint density at radius 2 is 2.00 bits per heavy atom. The predicted octanol–water partition coefficient (Wildman–Crippen LogP) is 3.54. The highest BCUT2D eigenvalue weighted by molar-refractivity contribution is 7.98. The molecule has 0 unspecified atom stereocenters. The molecule has 1 fully saturated rings. The Labute approximate surface area is 101 Å². The number of benzene rings is 1. The number of rotatable bonds is 3. The van der Waals surface area contributed by atoms with Crippen LogP contribution in [-0.2, 0) is 4.79 Å². The Kier molecular flexibility index (Phi) is 3.88. The van der Waals surface area contributed by atoms with Crippen molar-refractivity contribution < 1.29 is 4.79 Å². The van der Waals surface area contributed by atoms with Crippen LogP contribution in [0.25, 0.3) is 0 Å². The second-order valence-electron chi connectivity index (χ2n) is 4.17. The fraction of sp³-hybridized carbons (Fsp3) is 0.462. The second-order valence-corrected chi connectivity index (χ2v) is 5.02. The first-order valence-electron chi connectivity index (χ1n) is 5.75. The van der Waals surface area contributed by atoms with Crippen LogP contribution in [-0.4, -0.2) is 12.2 Å². The Morgan fingerprint density at radius 1 is 1.31 bits per heavy atom. The summed E-state index contributed by atoms with van der Waals surface area (Å²) in [5, 5.41) is 3.04. The van der Waals surface area contributed by atoms with E-state index in [2.05, 4.69) is 5.32 Å². The van der Waals surface area contributed by atoms with E-state index in [0.29, 0.717) is 0 Å². The van der Waals surface area contributed by atoms with Gasteiger partial charge in [0.15, 0.2) is 0 Å². The quantitative estimate of drug-likeness (QED) is 0.812. The summed E-state index contributed by atoms with van der Waals surface area (Å²) < 4.78 is 0. The van der Waals surface area contributed by atoms with Crippen LogP contribution in [0.15, 0.2) is 29.2 Å². The van der Waals surface area contributed by atoms with E-state index in [9.17, 15) is 4.79 Å². The van der Waals surface area contributed by atoms with Gasteiger partial charge in [-0.15, -0.1) is 11.8 Å². The normalized spacial score (nSPS) is 16.3. The third-order valence-electron chi connectivity index (χ3n) is 3.09. The lowest BCUT2D eigenvalue weighted by Gasteiger charge is -2.12. The summed E-state index contributed by atoms with van der Waals surface area (Å²) in [6, 6.07) is 7.97. The number of amides is 1. The van der Waals surface area contributed by atoms with Crippen LogP contribution < -0.4 is 5.32 Å². The largest absolute Gasteiger partial charge is 0.325 e. The van der Waals surface area contributed by atoms with Crippen LogP contribution in [0.4, 0.5) is 5.69 Å². The average molecular weight is 235 g/mol. The fourth-order valence-electron chi connectivity index (χ4n) is 2.17. The molecule has 0 aliphatic heterocycles. The van der Waals surface area contributed by atoms with Crippen molar-refractivity contribution in [2.45, 2.75) is 30.6 Å². The first-order chi connectivity index (χ1) is 7.81. The van der Waals surface area contributed by atoms with Gasteiger partial charge in [-0.25, -0.2) is 0 Å². The summed E-state index contributed by atoms with van der Waals surface area (Å²) in [5.74, 6) is 0.425. The van der Waals surface area contributed by atoms with Gasteiger partial charge in [0.05, 0.1) is 5.69 Å². The van der Waals surface area contributed by atoms with Crippen molar-refractivity contribution in [3.05, 3.63) is 24.3 Å². The topological polar surface area (TPSA) is 29.1 Å². The van der Waals surface area contributed by atoms with E-state index in [-0.39, 0.29) is 11.8 Å². The highest BCUT2D eigenvalue weighted by atomic mass is 32.2. The monoisotopic (exact) mass is 235 g/mol. The van der Waals surface area contributed by atoms with Gasteiger partial charge in [0, 0.05) is 10.8 Å². The molecule has 0 radical (unpaired) electrons. The van der Waals surface area contributed by atoms with Gasteiger partial charge in [0.2, 0.25) is 5.91 Å². The van der Waals surface area contributed by atoms with Crippen molar-refractivity contribution in [2.75, 3.05) is 11.6 Å². The van der Waals surface area contributed by atoms with E-state index in [0.717, 1.165) is 23.4 Å². The Hall–Kier alpha value is -0.960. The van der Waals surface area contributed by atoms with E-state index in [1.165, 1.54) is 12.8 Å². The molecule has 0 aromatic heterocycles. The molecule has 0 heterocycles. The van der Waals surface area contributed by atoms with Crippen molar-refractivity contribution in [1.29, 1.82) is 0 Å². The Balaban J connectivity index is 2.05. The predicted molar refractivity (Wildman–Crippen MR) is 68.8 cm³/mol. The fourth-order valence-corrected chi connectivity index (χ4v) is 2.72. The molecule has 2 rings (SSSR count). The van der Waals surface area contributed by atoms with Crippen LogP contribution in [0, 0.1) is 5.92 Å². The molecule has 16 heavy (non-hydrogen) atoms. The minimum Gasteiger partial charge on any atom is -0.325 e. The Morgan fingerprint density at radius 3 is 2.69 bits per heavy atom. The lowest BCUT2D eigenvalue weighted by atomic mass is 10.1. The van der Waals surface area contributed by atoms with Crippen LogP contribution >= 0.6 is 11.8 Å². The molecular weight excluding hydrogens is 218 g/mol. The summed E-state index contributed by atoms with van der Waals surface area (Å²) in [5.41, 5.74) is 0.951. The van der Waals surface area contributed by atoms with Gasteiger partial charge in [0.25, 0.3) is 0 Å². The summed E-state index contributed by atoms with van der Waals surface area (Å²) in [7, 11) is 0. The number of thioether (sulfide) groups is 1. The molecule has 2 nitrogen and oxygen atoms in total. The molecule has 0 bridgehead atoms. The summed E-state index contributed by atoms with van der Waals surface area (Å²) in [6.07, 6.45) is 6.52. The lowest BCUT2D eigenvalue weighted by molar-refractivity contribution is -0.119. The molecule has 86 valence electrons. The molecule has 1 aromatic rings. The van der Waals surface area contributed by atoms with Crippen molar-refractivity contribution in [2.24, 2.45) is 5.92 Å². The molecular formula is C13H17NOS. The maximum atomic E-state index is 12.0. The number of carbonyl (C=O) groups is 1. The van der Waals surface area contributed by atoms with Gasteiger partial charge in [-0.3, -0.25) is 4.79 Å². The summed E-state index contributed by atoms with van der Waals surface area (Å²) in [4.78, 5) is 13.1. The number of carbonyl (C=O) groups excluding carboxylic acids is 1. The van der Waals surface area contributed by atoms with Gasteiger partial charge < -0.3 is 5.32 Å². The van der Waals surface area contributed by atoms with Crippen LogP contribution in [0.2, 0.25) is 0 Å². The average Bonchev–Trinajstić information content (AvgIpc) is 2.83. The van der Waals surface area contributed by atoms with E-state index in [1.807, 2.05) is 30.5 Å². The van der Waals surface area contributed by atoms with Gasteiger partial charge in [-0.2, -0.15) is 0 Å². The minimum atomic E-state index is 0.194. The van der Waals surface area contributed by atoms with E-state index in [1.54, 1.807) is 11.8 Å². The third-order valence-corrected chi connectivity index (χ3v) is 3.89. The third kappa shape index (κ3) is 2.59. The molecule has 1 aliphatic rings. The number of nitrogens with one attached hydrogen (secondary N) is 1. The van der Waals surface area contributed by atoms with E-state index >= 15 is 0 Å². The van der Waals surface area contributed by atoms with E-state index < -0.39 is 0 Å². The molecule has 1 aromatic carbocycles. The molecule has 3 heteroatoms. The molecule has 0 spiro atoms. The smallest absolute Gasteiger partial charge is 0.227 e. The van der Waals surface area contributed by atoms with Crippen LogP contribution in [0.5, 0.6) is 0 Å². The number of hydrogen-bond donors (Lipinski definition) is 1. The van der Waals surface area contributed by atoms with Crippen LogP contribution in [0.3, 0.4) is 0 Å². The SMILES string of the molecule is CSc1ccccc1NC(=O)C1CCCC1. The number of hydrogen-bond acceptors (Lipinski definition) is 2. The van der Waals surface area contributed by atoms with Crippen molar-refractivity contribution in [3.8, 4) is 0 Å². The van der Waals surface area contributed by atoms with Crippen molar-refractivity contribution in [1.82, 2.24) is 0 Å². The summed E-state index contributed by atoms with van der Waals surface area (Å²) >= 11 is 1.67. The lowest BCUT2D eigenvalue weighted by Crippen LogP contribution is -2.20. The number of para-hydroxylation sites is 1. The zero-order valence-electron chi connectivity index (χ0n) is 9.53. The van der Waals surface area contributed by atoms with E-state index in [4.69, 9.17) is 0 Å². The zero-order valence-corrected chi connectivity index (χ0v) is 10.3.